The number of ether oxygens (including phenoxy) is 1. The highest BCUT2D eigenvalue weighted by Gasteiger charge is 2.23. The zero-order valence-electron chi connectivity index (χ0n) is 14.4. The maximum Gasteiger partial charge on any atom is 0.387 e. The highest BCUT2D eigenvalue weighted by atomic mass is 19.3. The van der Waals surface area contributed by atoms with Crippen LogP contribution in [0, 0.1) is 0 Å². The van der Waals surface area contributed by atoms with E-state index < -0.39 is 6.61 Å². The molecule has 140 valence electrons. The van der Waals surface area contributed by atoms with Gasteiger partial charge in [-0.2, -0.15) is 13.8 Å². The fourth-order valence-corrected chi connectivity index (χ4v) is 2.77. The highest BCUT2D eigenvalue weighted by molar-refractivity contribution is 5.94. The molecule has 1 saturated heterocycles. The highest BCUT2D eigenvalue weighted by Crippen LogP contribution is 2.17. The largest absolute Gasteiger partial charge is 0.435 e. The molecular formula is C17H20F2N4O3. The smallest absolute Gasteiger partial charge is 0.387 e. The molecule has 3 rings (SSSR count). The lowest BCUT2D eigenvalue weighted by Crippen LogP contribution is -2.48. The topological polar surface area (TPSA) is 71.7 Å². The molecule has 1 aromatic carbocycles. The normalized spacial score (nSPS) is 15.5. The molecule has 1 aliphatic rings. The number of benzene rings is 1. The van der Waals surface area contributed by atoms with E-state index in [1.807, 2.05) is 6.92 Å². The van der Waals surface area contributed by atoms with Crippen molar-refractivity contribution in [1.29, 1.82) is 0 Å². The molecule has 0 aliphatic carbocycles. The molecule has 7 nitrogen and oxygen atoms in total. The third kappa shape index (κ3) is 4.54. The Morgan fingerprint density at radius 1 is 1.23 bits per heavy atom. The van der Waals surface area contributed by atoms with Crippen LogP contribution in [0.3, 0.4) is 0 Å². The molecule has 26 heavy (non-hydrogen) atoms. The Morgan fingerprint density at radius 2 is 1.92 bits per heavy atom. The van der Waals surface area contributed by atoms with E-state index in [-0.39, 0.29) is 11.7 Å². The van der Waals surface area contributed by atoms with Crippen molar-refractivity contribution in [2.24, 2.45) is 0 Å². The lowest BCUT2D eigenvalue weighted by atomic mass is 10.1. The van der Waals surface area contributed by atoms with Gasteiger partial charge < -0.3 is 14.2 Å². The van der Waals surface area contributed by atoms with Crippen molar-refractivity contribution >= 4 is 5.91 Å². The summed E-state index contributed by atoms with van der Waals surface area (Å²) in [6.45, 7) is 2.22. The van der Waals surface area contributed by atoms with Crippen LogP contribution in [0.4, 0.5) is 8.78 Å². The van der Waals surface area contributed by atoms with Crippen molar-refractivity contribution in [2.45, 2.75) is 26.5 Å². The third-order valence-electron chi connectivity index (χ3n) is 4.16. The second-order valence-electron chi connectivity index (χ2n) is 5.93. The van der Waals surface area contributed by atoms with Crippen LogP contribution in [0.25, 0.3) is 0 Å². The number of aryl methyl sites for hydroxylation is 1. The molecule has 0 radical (unpaired) electrons. The predicted octanol–water partition coefficient (Wildman–Crippen LogP) is 2.19. The number of alkyl halides is 2. The molecule has 0 spiro atoms. The summed E-state index contributed by atoms with van der Waals surface area (Å²) < 4.78 is 33.7. The third-order valence-corrected chi connectivity index (χ3v) is 4.16. The minimum Gasteiger partial charge on any atom is -0.435 e. The molecule has 9 heteroatoms. The molecule has 1 aliphatic heterocycles. The molecule has 1 amide bonds. The van der Waals surface area contributed by atoms with Gasteiger partial charge in [0.15, 0.2) is 5.82 Å². The summed E-state index contributed by atoms with van der Waals surface area (Å²) >= 11 is 0. The van der Waals surface area contributed by atoms with E-state index in [9.17, 15) is 13.6 Å². The van der Waals surface area contributed by atoms with Gasteiger partial charge in [-0.3, -0.25) is 9.69 Å². The number of aromatic nitrogens is 2. The van der Waals surface area contributed by atoms with E-state index in [4.69, 9.17) is 4.52 Å². The van der Waals surface area contributed by atoms with Crippen LogP contribution in [0.5, 0.6) is 5.75 Å². The van der Waals surface area contributed by atoms with Gasteiger partial charge in [-0.1, -0.05) is 12.1 Å². The summed E-state index contributed by atoms with van der Waals surface area (Å²) in [5.74, 6) is 1.18. The summed E-state index contributed by atoms with van der Waals surface area (Å²) in [4.78, 5) is 20.7. The summed E-state index contributed by atoms with van der Waals surface area (Å²) in [6, 6.07) is 5.74. The average Bonchev–Trinajstić information content (AvgIpc) is 3.09. The maximum atomic E-state index is 12.5. The first-order chi connectivity index (χ1) is 12.5. The van der Waals surface area contributed by atoms with Gasteiger partial charge in [-0.05, 0) is 24.3 Å². The Hall–Kier alpha value is -2.55. The number of halogens is 2. The Kier molecular flexibility index (Phi) is 5.77. The molecule has 0 unspecified atom stereocenters. The molecule has 0 bridgehead atoms. The first-order valence-corrected chi connectivity index (χ1v) is 8.43. The quantitative estimate of drug-likeness (QED) is 0.780. The van der Waals surface area contributed by atoms with Crippen molar-refractivity contribution in [3.8, 4) is 5.75 Å². The minimum atomic E-state index is -2.88. The predicted molar refractivity (Wildman–Crippen MR) is 87.9 cm³/mol. The average molecular weight is 366 g/mol. The van der Waals surface area contributed by atoms with E-state index in [1.54, 1.807) is 4.90 Å². The van der Waals surface area contributed by atoms with Gasteiger partial charge in [0.1, 0.15) is 5.75 Å². The SMILES string of the molecule is CCc1nc(CN2CCN(C(=O)c3ccc(OC(F)F)cc3)CC2)no1. The van der Waals surface area contributed by atoms with Gasteiger partial charge >= 0.3 is 6.61 Å². The molecule has 1 fully saturated rings. The van der Waals surface area contributed by atoms with Crippen LogP contribution in [-0.2, 0) is 13.0 Å². The summed E-state index contributed by atoms with van der Waals surface area (Å²) in [6.07, 6.45) is 0.705. The van der Waals surface area contributed by atoms with E-state index in [2.05, 4.69) is 19.8 Å². The first-order valence-electron chi connectivity index (χ1n) is 8.43. The molecular weight excluding hydrogens is 346 g/mol. The van der Waals surface area contributed by atoms with Crippen LogP contribution >= 0.6 is 0 Å². The van der Waals surface area contributed by atoms with Crippen molar-refractivity contribution in [2.75, 3.05) is 26.2 Å². The van der Waals surface area contributed by atoms with Crippen molar-refractivity contribution < 1.29 is 22.8 Å². The number of nitrogens with zero attached hydrogens (tertiary/aromatic N) is 4. The minimum absolute atomic E-state index is 0.0351. The van der Waals surface area contributed by atoms with Crippen LogP contribution in [0.2, 0.25) is 0 Å². The number of hydrogen-bond acceptors (Lipinski definition) is 6. The van der Waals surface area contributed by atoms with Crippen molar-refractivity contribution in [1.82, 2.24) is 19.9 Å². The van der Waals surface area contributed by atoms with Gasteiger partial charge in [0.25, 0.3) is 5.91 Å². The second kappa shape index (κ2) is 8.22. The molecule has 0 atom stereocenters. The fraction of sp³-hybridized carbons (Fsp3) is 0.471. The van der Waals surface area contributed by atoms with Gasteiger partial charge in [0.05, 0.1) is 6.54 Å². The lowest BCUT2D eigenvalue weighted by molar-refractivity contribution is -0.0498. The van der Waals surface area contributed by atoms with E-state index in [0.29, 0.717) is 56.4 Å². The van der Waals surface area contributed by atoms with Crippen molar-refractivity contribution in [3.63, 3.8) is 0 Å². The Balaban J connectivity index is 1.51. The lowest BCUT2D eigenvalue weighted by Gasteiger charge is -2.34. The van der Waals surface area contributed by atoms with Crippen LogP contribution in [0.15, 0.2) is 28.8 Å². The van der Waals surface area contributed by atoms with Gasteiger partial charge in [-0.25, -0.2) is 0 Å². The first kappa shape index (κ1) is 18.2. The van der Waals surface area contributed by atoms with E-state index in [1.165, 1.54) is 24.3 Å². The molecule has 2 aromatic rings. The maximum absolute atomic E-state index is 12.5. The van der Waals surface area contributed by atoms with Gasteiger partial charge in [-0.15, -0.1) is 0 Å². The summed E-state index contributed by atoms with van der Waals surface area (Å²) in [5.41, 5.74) is 0.450. The number of carbonyl (C=O) groups is 1. The number of rotatable bonds is 6. The molecule has 0 N–H and O–H groups in total. The summed E-state index contributed by atoms with van der Waals surface area (Å²) in [7, 11) is 0. The van der Waals surface area contributed by atoms with Crippen LogP contribution < -0.4 is 4.74 Å². The van der Waals surface area contributed by atoms with Crippen LogP contribution in [-0.4, -0.2) is 58.6 Å². The van der Waals surface area contributed by atoms with Gasteiger partial charge in [0.2, 0.25) is 5.89 Å². The molecule has 1 aromatic heterocycles. The van der Waals surface area contributed by atoms with E-state index in [0.717, 1.165) is 0 Å². The second-order valence-corrected chi connectivity index (χ2v) is 5.93. The Morgan fingerprint density at radius 3 is 2.50 bits per heavy atom. The molecule has 0 saturated carbocycles. The number of amides is 1. The van der Waals surface area contributed by atoms with Crippen molar-refractivity contribution in [3.05, 3.63) is 41.5 Å². The summed E-state index contributed by atoms with van der Waals surface area (Å²) in [5, 5.41) is 3.94. The van der Waals surface area contributed by atoms with Crippen LogP contribution in [0.1, 0.15) is 29.0 Å². The van der Waals surface area contributed by atoms with Gasteiger partial charge in [0, 0.05) is 38.2 Å². The number of carbonyl (C=O) groups excluding carboxylic acids is 1. The zero-order chi connectivity index (χ0) is 18.5. The number of piperazine rings is 1. The monoisotopic (exact) mass is 366 g/mol. The standard InChI is InChI=1S/C17H20F2N4O3/c1-2-15-20-14(21-26-15)11-22-7-9-23(10-8-22)16(24)12-3-5-13(6-4-12)25-17(18)19/h3-6,17H,2,7-11H2,1H3. The Labute approximate surface area is 149 Å². The van der Waals surface area contributed by atoms with E-state index >= 15 is 0 Å². The number of hydrogen-bond donors (Lipinski definition) is 0. The fourth-order valence-electron chi connectivity index (χ4n) is 2.77. The molecule has 2 heterocycles. The zero-order valence-corrected chi connectivity index (χ0v) is 14.4. The Bertz CT molecular complexity index is 728.